The van der Waals surface area contributed by atoms with E-state index in [9.17, 15) is 18.0 Å². The normalized spacial score (nSPS) is 15.0. The van der Waals surface area contributed by atoms with Gasteiger partial charge in [0.05, 0.1) is 16.5 Å². The Morgan fingerprint density at radius 2 is 2.06 bits per heavy atom. The molecule has 1 atom stereocenters. The number of nitrogens with zero attached hydrogens (tertiary/aromatic N) is 4. The first-order valence-electron chi connectivity index (χ1n) is 9.43. The van der Waals surface area contributed by atoms with Gasteiger partial charge < -0.3 is 5.32 Å². The summed E-state index contributed by atoms with van der Waals surface area (Å²) >= 11 is 6.84. The molecule has 1 saturated carbocycles. The zero-order valence-corrected chi connectivity index (χ0v) is 17.8. The van der Waals surface area contributed by atoms with Crippen molar-refractivity contribution >= 4 is 35.0 Å². The summed E-state index contributed by atoms with van der Waals surface area (Å²) in [6.45, 7) is 1.61. The molecule has 1 amide bonds. The minimum absolute atomic E-state index is 0.0618. The van der Waals surface area contributed by atoms with Crippen molar-refractivity contribution in [2.24, 2.45) is 0 Å². The monoisotopic (exact) mass is 467 g/mol. The van der Waals surface area contributed by atoms with E-state index in [1.165, 1.54) is 6.07 Å². The molecule has 1 unspecified atom stereocenters. The van der Waals surface area contributed by atoms with Crippen LogP contribution in [-0.4, -0.2) is 30.9 Å². The molecule has 4 rings (SSSR count). The fourth-order valence-electron chi connectivity index (χ4n) is 3.02. The lowest BCUT2D eigenvalue weighted by atomic mass is 10.1. The number of anilines is 1. The van der Waals surface area contributed by atoms with E-state index < -0.39 is 22.9 Å². The number of thioether (sulfide) groups is 1. The number of hydrogen-bond donors (Lipinski definition) is 1. The number of hydrogen-bond acceptors (Lipinski definition) is 5. The zero-order valence-electron chi connectivity index (χ0n) is 16.2. The Bertz CT molecular complexity index is 1100. The van der Waals surface area contributed by atoms with Gasteiger partial charge in [-0.3, -0.25) is 14.3 Å². The Balaban J connectivity index is 1.54. The minimum Gasteiger partial charge on any atom is -0.325 e. The third-order valence-corrected chi connectivity index (χ3v) is 5.98. The van der Waals surface area contributed by atoms with Crippen LogP contribution in [0.1, 0.15) is 31.4 Å². The lowest BCUT2D eigenvalue weighted by molar-refractivity contribution is -0.137. The molecule has 0 radical (unpaired) electrons. The van der Waals surface area contributed by atoms with Crippen molar-refractivity contribution in [3.63, 3.8) is 0 Å². The predicted molar refractivity (Wildman–Crippen MR) is 112 cm³/mol. The molecular weight excluding hydrogens is 451 g/mol. The summed E-state index contributed by atoms with van der Waals surface area (Å²) in [5.41, 5.74) is -0.526. The molecule has 31 heavy (non-hydrogen) atoms. The van der Waals surface area contributed by atoms with Crippen LogP contribution in [0.15, 0.2) is 47.9 Å². The fourth-order valence-corrected chi connectivity index (χ4v) is 4.11. The van der Waals surface area contributed by atoms with E-state index in [1.807, 2.05) is 10.6 Å². The third-order valence-electron chi connectivity index (χ3n) is 4.69. The van der Waals surface area contributed by atoms with Crippen molar-refractivity contribution in [2.75, 3.05) is 5.32 Å². The fraction of sp³-hybridized carbons (Fsp3) is 0.300. The first-order chi connectivity index (χ1) is 14.7. The van der Waals surface area contributed by atoms with Crippen molar-refractivity contribution in [3.8, 4) is 11.4 Å². The van der Waals surface area contributed by atoms with Gasteiger partial charge in [-0.15, -0.1) is 10.2 Å². The Hall–Kier alpha value is -2.59. The van der Waals surface area contributed by atoms with Gasteiger partial charge in [0.25, 0.3) is 0 Å². The lowest BCUT2D eigenvalue weighted by Crippen LogP contribution is -2.24. The number of carbonyl (C=O) groups is 1. The van der Waals surface area contributed by atoms with E-state index in [-0.39, 0.29) is 16.8 Å². The quantitative estimate of drug-likeness (QED) is 0.487. The maximum Gasteiger partial charge on any atom is 0.418 e. The Morgan fingerprint density at radius 1 is 1.29 bits per heavy atom. The largest absolute Gasteiger partial charge is 0.418 e. The average Bonchev–Trinajstić information content (AvgIpc) is 3.49. The molecule has 0 bridgehead atoms. The van der Waals surface area contributed by atoms with Crippen molar-refractivity contribution < 1.29 is 18.0 Å². The Labute approximate surface area is 185 Å². The van der Waals surface area contributed by atoms with Crippen LogP contribution in [0.25, 0.3) is 11.4 Å². The number of rotatable bonds is 6. The second-order valence-electron chi connectivity index (χ2n) is 7.09. The van der Waals surface area contributed by atoms with Gasteiger partial charge in [-0.05, 0) is 50.1 Å². The van der Waals surface area contributed by atoms with Gasteiger partial charge in [0.2, 0.25) is 5.91 Å². The number of amides is 1. The van der Waals surface area contributed by atoms with Gasteiger partial charge in [-0.25, -0.2) is 0 Å². The molecule has 1 fully saturated rings. The van der Waals surface area contributed by atoms with Crippen LogP contribution in [0.4, 0.5) is 18.9 Å². The number of benzene rings is 1. The maximum absolute atomic E-state index is 13.3. The highest BCUT2D eigenvalue weighted by Gasteiger charge is 2.35. The van der Waals surface area contributed by atoms with Gasteiger partial charge in [0.1, 0.15) is 0 Å². The Kier molecular flexibility index (Phi) is 5.94. The minimum atomic E-state index is -4.64. The highest BCUT2D eigenvalue weighted by Crippen LogP contribution is 2.42. The van der Waals surface area contributed by atoms with Gasteiger partial charge >= 0.3 is 6.18 Å². The van der Waals surface area contributed by atoms with Crippen LogP contribution >= 0.6 is 23.4 Å². The summed E-state index contributed by atoms with van der Waals surface area (Å²) in [4.78, 5) is 16.8. The number of halogens is 4. The number of pyridine rings is 1. The number of alkyl halides is 3. The van der Waals surface area contributed by atoms with Crippen LogP contribution in [-0.2, 0) is 11.0 Å². The maximum atomic E-state index is 13.3. The second kappa shape index (κ2) is 8.51. The lowest BCUT2D eigenvalue weighted by Gasteiger charge is -2.17. The smallest absolute Gasteiger partial charge is 0.325 e. The number of carbonyl (C=O) groups excluding carboxylic acids is 1. The van der Waals surface area contributed by atoms with E-state index in [0.29, 0.717) is 11.0 Å². The van der Waals surface area contributed by atoms with Crippen LogP contribution in [0.3, 0.4) is 0 Å². The summed E-state index contributed by atoms with van der Waals surface area (Å²) in [5, 5.41) is 10.6. The standard InChI is InChI=1S/C20H17ClF3N5OS/c1-11(18(30)26-16-7-4-13(21)9-15(16)20(22,23)24)31-19-28-27-17(29(19)14-5-6-14)12-3-2-8-25-10-12/h2-4,7-11,14H,5-6H2,1H3,(H,26,30). The molecular formula is C20H17ClF3N5OS. The number of nitrogens with one attached hydrogen (secondary N) is 1. The van der Waals surface area contributed by atoms with Crippen LogP contribution in [0.2, 0.25) is 5.02 Å². The van der Waals surface area contributed by atoms with Gasteiger partial charge in [0, 0.05) is 29.0 Å². The van der Waals surface area contributed by atoms with Gasteiger partial charge in [0.15, 0.2) is 11.0 Å². The summed E-state index contributed by atoms with van der Waals surface area (Å²) in [5.74, 6) is 0.0777. The molecule has 1 N–H and O–H groups in total. The highest BCUT2D eigenvalue weighted by molar-refractivity contribution is 8.00. The van der Waals surface area contributed by atoms with E-state index in [1.54, 1.807) is 25.4 Å². The van der Waals surface area contributed by atoms with Crippen LogP contribution in [0.5, 0.6) is 0 Å². The van der Waals surface area contributed by atoms with Gasteiger partial charge in [-0.2, -0.15) is 13.2 Å². The molecule has 6 nitrogen and oxygen atoms in total. The highest BCUT2D eigenvalue weighted by atomic mass is 35.5. The van der Waals surface area contributed by atoms with E-state index in [2.05, 4.69) is 20.5 Å². The molecule has 1 aliphatic rings. The van der Waals surface area contributed by atoms with E-state index >= 15 is 0 Å². The summed E-state index contributed by atoms with van der Waals surface area (Å²) < 4.78 is 41.9. The van der Waals surface area contributed by atoms with Gasteiger partial charge in [-0.1, -0.05) is 23.4 Å². The Morgan fingerprint density at radius 3 is 2.71 bits per heavy atom. The first-order valence-corrected chi connectivity index (χ1v) is 10.7. The van der Waals surface area contributed by atoms with E-state index in [4.69, 9.17) is 11.6 Å². The summed E-state index contributed by atoms with van der Waals surface area (Å²) in [6, 6.07) is 7.14. The zero-order chi connectivity index (χ0) is 22.2. The summed E-state index contributed by atoms with van der Waals surface area (Å²) in [6.07, 6.45) is 0.648. The first kappa shape index (κ1) is 21.6. The topological polar surface area (TPSA) is 72.7 Å². The number of aromatic nitrogens is 4. The molecule has 3 aromatic rings. The predicted octanol–water partition coefficient (Wildman–Crippen LogP) is 5.47. The molecule has 11 heteroatoms. The molecule has 2 aromatic heterocycles. The molecule has 1 aromatic carbocycles. The van der Waals surface area contributed by atoms with Crippen molar-refractivity contribution in [2.45, 2.75) is 42.4 Å². The molecule has 2 heterocycles. The molecule has 0 aliphatic heterocycles. The van der Waals surface area contributed by atoms with Crippen molar-refractivity contribution in [1.82, 2.24) is 19.7 Å². The molecule has 1 aliphatic carbocycles. The summed E-state index contributed by atoms with van der Waals surface area (Å²) in [7, 11) is 0. The molecule has 0 spiro atoms. The van der Waals surface area contributed by atoms with Crippen molar-refractivity contribution in [1.29, 1.82) is 0 Å². The van der Waals surface area contributed by atoms with Crippen LogP contribution in [0, 0.1) is 0 Å². The van der Waals surface area contributed by atoms with E-state index in [0.717, 1.165) is 42.3 Å². The molecule has 162 valence electrons. The van der Waals surface area contributed by atoms with Crippen LogP contribution < -0.4 is 5.32 Å². The third kappa shape index (κ3) is 4.85. The second-order valence-corrected chi connectivity index (χ2v) is 8.83. The molecule has 0 saturated heterocycles. The van der Waals surface area contributed by atoms with Crippen molar-refractivity contribution in [3.05, 3.63) is 53.3 Å². The SMILES string of the molecule is CC(Sc1nnc(-c2cccnc2)n1C1CC1)C(=O)Nc1ccc(Cl)cc1C(F)(F)F. The average molecular weight is 468 g/mol.